The molecule has 1 saturated carbocycles. The van der Waals surface area contributed by atoms with E-state index in [0.717, 1.165) is 16.9 Å². The number of allylic oxidation sites excluding steroid dienone is 1. The summed E-state index contributed by atoms with van der Waals surface area (Å²) >= 11 is 6.09. The van der Waals surface area contributed by atoms with Gasteiger partial charge >= 0.3 is 0 Å². The van der Waals surface area contributed by atoms with Crippen LogP contribution in [0.3, 0.4) is 0 Å². The van der Waals surface area contributed by atoms with E-state index in [2.05, 4.69) is 19.9 Å². The minimum atomic E-state index is -3.67. The molecule has 2 aromatic rings. The van der Waals surface area contributed by atoms with Gasteiger partial charge in [0, 0.05) is 10.6 Å². The van der Waals surface area contributed by atoms with E-state index in [1.807, 2.05) is 30.3 Å². The lowest BCUT2D eigenvalue weighted by Crippen LogP contribution is -2.11. The molecule has 1 aliphatic carbocycles. The monoisotopic (exact) mass is 391 g/mol. The van der Waals surface area contributed by atoms with E-state index < -0.39 is 10.0 Å². The maximum atomic E-state index is 11.4. The van der Waals surface area contributed by atoms with Crippen molar-refractivity contribution >= 4 is 27.7 Å². The highest BCUT2D eigenvalue weighted by Gasteiger charge is 2.56. The second-order valence-corrected chi connectivity index (χ2v) is 9.18. The van der Waals surface area contributed by atoms with Gasteiger partial charge in [-0.1, -0.05) is 49.7 Å². The lowest BCUT2D eigenvalue weighted by Gasteiger charge is -2.05. The molecule has 0 aromatic heterocycles. The average molecular weight is 392 g/mol. The Hall–Kier alpha value is -1.82. The van der Waals surface area contributed by atoms with Crippen LogP contribution in [0.5, 0.6) is 5.75 Å². The predicted molar refractivity (Wildman–Crippen MR) is 105 cm³/mol. The van der Waals surface area contributed by atoms with Gasteiger partial charge in [0.25, 0.3) is 0 Å². The summed E-state index contributed by atoms with van der Waals surface area (Å²) in [5.74, 6) is 1.43. The van der Waals surface area contributed by atoms with Crippen LogP contribution in [0.2, 0.25) is 5.02 Å². The molecule has 3 rings (SSSR count). The normalized spacial score (nSPS) is 21.7. The van der Waals surface area contributed by atoms with E-state index in [4.69, 9.17) is 21.5 Å². The van der Waals surface area contributed by atoms with Gasteiger partial charge in [0.15, 0.2) is 0 Å². The largest absolute Gasteiger partial charge is 0.496 e. The molecule has 0 radical (unpaired) electrons. The number of hydrogen-bond acceptors (Lipinski definition) is 3. The lowest BCUT2D eigenvalue weighted by atomic mass is 10.0. The Balaban J connectivity index is 1.83. The van der Waals surface area contributed by atoms with Crippen LogP contribution in [-0.4, -0.2) is 15.5 Å². The number of methoxy groups -OCH3 is 1. The molecule has 1 aliphatic rings. The van der Waals surface area contributed by atoms with Crippen LogP contribution in [0.25, 0.3) is 6.08 Å². The molecule has 2 aromatic carbocycles. The molecule has 4 nitrogen and oxygen atoms in total. The van der Waals surface area contributed by atoms with Crippen LogP contribution < -0.4 is 9.88 Å². The minimum absolute atomic E-state index is 0.0887. The highest BCUT2D eigenvalue weighted by atomic mass is 35.5. The maximum absolute atomic E-state index is 11.4. The number of halogens is 1. The van der Waals surface area contributed by atoms with E-state index in [0.29, 0.717) is 16.9 Å². The molecule has 26 heavy (non-hydrogen) atoms. The van der Waals surface area contributed by atoms with Gasteiger partial charge in [-0.25, -0.2) is 13.6 Å². The van der Waals surface area contributed by atoms with Crippen molar-refractivity contribution in [3.05, 3.63) is 64.7 Å². The van der Waals surface area contributed by atoms with Crippen LogP contribution >= 0.6 is 11.6 Å². The Labute approximate surface area is 159 Å². The summed E-state index contributed by atoms with van der Waals surface area (Å²) in [7, 11) is -2.03. The van der Waals surface area contributed by atoms with Gasteiger partial charge in [-0.2, -0.15) is 0 Å². The van der Waals surface area contributed by atoms with Crippen molar-refractivity contribution in [2.75, 3.05) is 7.11 Å². The molecule has 6 heteroatoms. The van der Waals surface area contributed by atoms with E-state index in [1.54, 1.807) is 25.3 Å². The highest BCUT2D eigenvalue weighted by Crippen LogP contribution is 2.65. The molecule has 0 heterocycles. The third-order valence-electron chi connectivity index (χ3n) is 5.15. The van der Waals surface area contributed by atoms with Crippen LogP contribution in [0.15, 0.2) is 53.4 Å². The SMILES string of the molecule is COc1ccc(Cl)cc1C=C[C@@H]1[C@@H](c2ccc(S(N)(=O)=O)cc2)C1(C)C. The van der Waals surface area contributed by atoms with Crippen LogP contribution in [0.4, 0.5) is 0 Å². The van der Waals surface area contributed by atoms with Crippen molar-refractivity contribution in [2.24, 2.45) is 16.5 Å². The first kappa shape index (κ1) is 19.0. The van der Waals surface area contributed by atoms with Crippen molar-refractivity contribution in [1.82, 2.24) is 0 Å². The maximum Gasteiger partial charge on any atom is 0.238 e. The Bertz CT molecular complexity index is 950. The van der Waals surface area contributed by atoms with Gasteiger partial charge in [-0.3, -0.25) is 0 Å². The number of rotatable bonds is 5. The van der Waals surface area contributed by atoms with E-state index >= 15 is 0 Å². The molecule has 138 valence electrons. The predicted octanol–water partition coefficient (Wildman–Crippen LogP) is 4.45. The molecule has 0 aliphatic heterocycles. The van der Waals surface area contributed by atoms with Gasteiger partial charge in [0.1, 0.15) is 5.75 Å². The zero-order valence-corrected chi connectivity index (χ0v) is 16.5. The number of ether oxygens (including phenoxy) is 1. The van der Waals surface area contributed by atoms with Gasteiger partial charge in [0.2, 0.25) is 10.0 Å². The summed E-state index contributed by atoms with van der Waals surface area (Å²) in [6.07, 6.45) is 4.21. The quantitative estimate of drug-likeness (QED) is 0.818. The number of primary sulfonamides is 1. The van der Waals surface area contributed by atoms with Crippen molar-refractivity contribution in [1.29, 1.82) is 0 Å². The zero-order valence-electron chi connectivity index (χ0n) is 14.9. The number of hydrogen-bond donors (Lipinski definition) is 1. The molecule has 0 saturated heterocycles. The van der Waals surface area contributed by atoms with Crippen LogP contribution in [-0.2, 0) is 10.0 Å². The van der Waals surface area contributed by atoms with Gasteiger partial charge < -0.3 is 4.74 Å². The number of nitrogens with two attached hydrogens (primary N) is 1. The Morgan fingerprint density at radius 1 is 1.15 bits per heavy atom. The fourth-order valence-corrected chi connectivity index (χ4v) is 4.28. The Morgan fingerprint density at radius 3 is 2.38 bits per heavy atom. The van der Waals surface area contributed by atoms with Gasteiger partial charge in [-0.05, 0) is 53.1 Å². The fourth-order valence-electron chi connectivity index (χ4n) is 3.58. The van der Waals surface area contributed by atoms with Crippen LogP contribution in [0, 0.1) is 11.3 Å². The molecule has 2 N–H and O–H groups in total. The topological polar surface area (TPSA) is 69.4 Å². The molecule has 0 amide bonds. The highest BCUT2D eigenvalue weighted by molar-refractivity contribution is 7.89. The first-order chi connectivity index (χ1) is 12.1. The minimum Gasteiger partial charge on any atom is -0.496 e. The number of benzene rings is 2. The van der Waals surface area contributed by atoms with Crippen LogP contribution in [0.1, 0.15) is 30.9 Å². The third kappa shape index (κ3) is 3.65. The second-order valence-electron chi connectivity index (χ2n) is 7.18. The van der Waals surface area contributed by atoms with Crippen molar-refractivity contribution in [2.45, 2.75) is 24.7 Å². The second kappa shape index (κ2) is 6.72. The Kier molecular flexibility index (Phi) is 4.90. The summed E-state index contributed by atoms with van der Waals surface area (Å²) in [5, 5.41) is 5.83. The summed E-state index contributed by atoms with van der Waals surface area (Å²) in [6, 6.07) is 12.4. The standard InChI is InChI=1S/C20H22ClNO3S/c1-20(2)17(10-6-14-12-15(21)7-11-18(14)25-3)19(20)13-4-8-16(9-5-13)26(22,23)24/h4-12,17,19H,1-3H3,(H2,22,23,24)/t17-,19-/m1/s1. The zero-order chi connectivity index (χ0) is 19.1. The Morgan fingerprint density at radius 2 is 1.81 bits per heavy atom. The molecule has 1 fully saturated rings. The number of sulfonamides is 1. The van der Waals surface area contributed by atoms with Crippen molar-refractivity contribution in [3.63, 3.8) is 0 Å². The van der Waals surface area contributed by atoms with E-state index in [9.17, 15) is 8.42 Å². The molecule has 0 spiro atoms. The molecule has 0 bridgehead atoms. The average Bonchev–Trinajstić information content (AvgIpc) is 3.13. The van der Waals surface area contributed by atoms with Crippen molar-refractivity contribution < 1.29 is 13.2 Å². The fraction of sp³-hybridized carbons (Fsp3) is 0.300. The summed E-state index contributed by atoms with van der Waals surface area (Å²) in [6.45, 7) is 4.41. The van der Waals surface area contributed by atoms with Gasteiger partial charge in [0.05, 0.1) is 12.0 Å². The molecule has 2 atom stereocenters. The van der Waals surface area contributed by atoms with E-state index in [-0.39, 0.29) is 10.3 Å². The van der Waals surface area contributed by atoms with Crippen molar-refractivity contribution in [3.8, 4) is 5.75 Å². The summed E-state index contributed by atoms with van der Waals surface area (Å²) in [4.78, 5) is 0.135. The smallest absolute Gasteiger partial charge is 0.238 e. The van der Waals surface area contributed by atoms with E-state index in [1.165, 1.54) is 0 Å². The third-order valence-corrected chi connectivity index (χ3v) is 6.32. The first-order valence-electron chi connectivity index (χ1n) is 8.29. The summed E-state index contributed by atoms with van der Waals surface area (Å²) in [5.41, 5.74) is 2.13. The molecular weight excluding hydrogens is 370 g/mol. The van der Waals surface area contributed by atoms with Gasteiger partial charge in [-0.15, -0.1) is 0 Å². The molecule has 0 unspecified atom stereocenters. The lowest BCUT2D eigenvalue weighted by molar-refractivity contribution is 0.414. The first-order valence-corrected chi connectivity index (χ1v) is 10.2. The summed E-state index contributed by atoms with van der Waals surface area (Å²) < 4.78 is 28.2. The molecular formula is C20H22ClNO3S.